The molecule has 0 radical (unpaired) electrons. The molecule has 0 amide bonds. The van der Waals surface area contributed by atoms with Crippen LogP contribution in [0.4, 0.5) is 5.69 Å². The normalized spacial score (nSPS) is 12.2. The van der Waals surface area contributed by atoms with Crippen molar-refractivity contribution in [2.24, 2.45) is 5.73 Å². The lowest BCUT2D eigenvalue weighted by atomic mass is 10.3. The Hall–Kier alpha value is -1.27. The quantitative estimate of drug-likeness (QED) is 0.852. The van der Waals surface area contributed by atoms with Crippen LogP contribution in [-0.4, -0.2) is 26.3 Å². The summed E-state index contributed by atoms with van der Waals surface area (Å²) in [5, 5.41) is 0. The fraction of sp³-hybridized carbons (Fsp3) is 0.500. The smallest absolute Gasteiger partial charge is 0.237 e. The van der Waals surface area contributed by atoms with Gasteiger partial charge in [-0.3, -0.25) is 4.72 Å². The second kappa shape index (κ2) is 5.58. The Morgan fingerprint density at radius 1 is 1.22 bits per heavy atom. The number of rotatable bonds is 5. The predicted octanol–water partition coefficient (Wildman–Crippen LogP) is 1.56. The van der Waals surface area contributed by atoms with E-state index in [2.05, 4.69) is 4.72 Å². The second-order valence-corrected chi connectivity index (χ2v) is 7.32. The highest BCUT2D eigenvalue weighted by atomic mass is 32.2. The van der Waals surface area contributed by atoms with Gasteiger partial charge in [0.25, 0.3) is 0 Å². The number of benzene rings is 1. The lowest BCUT2D eigenvalue weighted by Crippen LogP contribution is -2.33. The fourth-order valence-corrected chi connectivity index (χ4v) is 1.86. The van der Waals surface area contributed by atoms with E-state index in [0.29, 0.717) is 24.6 Å². The first kappa shape index (κ1) is 14.8. The van der Waals surface area contributed by atoms with Crippen LogP contribution in [0.1, 0.15) is 20.8 Å². The van der Waals surface area contributed by atoms with Gasteiger partial charge >= 0.3 is 0 Å². The summed E-state index contributed by atoms with van der Waals surface area (Å²) in [6.45, 7) is 5.82. The molecule has 0 spiro atoms. The molecule has 0 aromatic heterocycles. The Labute approximate surface area is 108 Å². The standard InChI is InChI=1S/C12H20N2O3S/c1-12(2,3)18(15,16)14-10-4-6-11(7-5-10)17-9-8-13/h4-7,14H,8-9,13H2,1-3H3. The molecule has 0 heterocycles. The largest absolute Gasteiger partial charge is 0.492 e. The van der Waals surface area contributed by atoms with Crippen LogP contribution in [0.5, 0.6) is 5.75 Å². The highest BCUT2D eigenvalue weighted by Gasteiger charge is 2.28. The summed E-state index contributed by atoms with van der Waals surface area (Å²) in [5.74, 6) is 0.666. The van der Waals surface area contributed by atoms with Crippen LogP contribution in [0.2, 0.25) is 0 Å². The summed E-state index contributed by atoms with van der Waals surface area (Å²) in [6, 6.07) is 6.73. The fourth-order valence-electron chi connectivity index (χ4n) is 1.10. The van der Waals surface area contributed by atoms with Crippen molar-refractivity contribution in [3.8, 4) is 5.75 Å². The van der Waals surface area contributed by atoms with E-state index < -0.39 is 14.8 Å². The SMILES string of the molecule is CC(C)(C)S(=O)(=O)Nc1ccc(OCCN)cc1. The monoisotopic (exact) mass is 272 g/mol. The predicted molar refractivity (Wildman–Crippen MR) is 73.3 cm³/mol. The molecule has 6 heteroatoms. The van der Waals surface area contributed by atoms with Crippen molar-refractivity contribution in [3.63, 3.8) is 0 Å². The van der Waals surface area contributed by atoms with Crippen molar-refractivity contribution in [1.29, 1.82) is 0 Å². The molecule has 1 aromatic rings. The van der Waals surface area contributed by atoms with Crippen molar-refractivity contribution in [2.75, 3.05) is 17.9 Å². The minimum atomic E-state index is -3.39. The van der Waals surface area contributed by atoms with Gasteiger partial charge in [-0.15, -0.1) is 0 Å². The van der Waals surface area contributed by atoms with Gasteiger partial charge < -0.3 is 10.5 Å². The maximum atomic E-state index is 11.9. The van der Waals surface area contributed by atoms with Crippen LogP contribution in [-0.2, 0) is 10.0 Å². The van der Waals surface area contributed by atoms with E-state index in [1.54, 1.807) is 45.0 Å². The van der Waals surface area contributed by atoms with Crippen molar-refractivity contribution < 1.29 is 13.2 Å². The Balaban J connectivity index is 2.76. The van der Waals surface area contributed by atoms with E-state index in [4.69, 9.17) is 10.5 Å². The maximum absolute atomic E-state index is 11.9. The van der Waals surface area contributed by atoms with Crippen molar-refractivity contribution in [2.45, 2.75) is 25.5 Å². The summed E-state index contributed by atoms with van der Waals surface area (Å²) < 4.78 is 30.8. The molecule has 0 saturated heterocycles. The molecule has 0 saturated carbocycles. The third-order valence-electron chi connectivity index (χ3n) is 2.30. The topological polar surface area (TPSA) is 81.4 Å². The molecule has 102 valence electrons. The molecule has 0 aliphatic rings. The highest BCUT2D eigenvalue weighted by molar-refractivity contribution is 7.94. The molecule has 0 fully saturated rings. The van der Waals surface area contributed by atoms with Crippen molar-refractivity contribution in [3.05, 3.63) is 24.3 Å². The van der Waals surface area contributed by atoms with Gasteiger partial charge in [0.2, 0.25) is 10.0 Å². The number of ether oxygens (including phenoxy) is 1. The zero-order valence-electron chi connectivity index (χ0n) is 10.9. The molecule has 1 rings (SSSR count). The molecule has 0 aliphatic carbocycles. The summed E-state index contributed by atoms with van der Waals surface area (Å²) >= 11 is 0. The molecule has 1 aromatic carbocycles. The first-order valence-corrected chi connectivity index (χ1v) is 7.20. The highest BCUT2D eigenvalue weighted by Crippen LogP contribution is 2.21. The van der Waals surface area contributed by atoms with Crippen LogP contribution in [0.15, 0.2) is 24.3 Å². The Kier molecular flexibility index (Phi) is 4.59. The van der Waals surface area contributed by atoms with Gasteiger partial charge in [0.05, 0.1) is 4.75 Å². The van der Waals surface area contributed by atoms with E-state index >= 15 is 0 Å². The molecule has 3 N–H and O–H groups in total. The number of nitrogens with two attached hydrogens (primary N) is 1. The Bertz CT molecular complexity index is 475. The molecular weight excluding hydrogens is 252 g/mol. The van der Waals surface area contributed by atoms with Crippen molar-refractivity contribution >= 4 is 15.7 Å². The lowest BCUT2D eigenvalue weighted by Gasteiger charge is -2.20. The molecule has 18 heavy (non-hydrogen) atoms. The zero-order chi connectivity index (χ0) is 13.8. The molecule has 0 atom stereocenters. The number of hydrogen-bond acceptors (Lipinski definition) is 4. The van der Waals surface area contributed by atoms with Gasteiger partial charge in [0.15, 0.2) is 0 Å². The average molecular weight is 272 g/mol. The summed E-state index contributed by atoms with van der Waals surface area (Å²) in [5.41, 5.74) is 5.84. The third kappa shape index (κ3) is 3.89. The average Bonchev–Trinajstić information content (AvgIpc) is 2.26. The summed E-state index contributed by atoms with van der Waals surface area (Å²) in [4.78, 5) is 0. The van der Waals surface area contributed by atoms with Gasteiger partial charge in [-0.25, -0.2) is 8.42 Å². The van der Waals surface area contributed by atoms with Crippen LogP contribution in [0.3, 0.4) is 0 Å². The number of sulfonamides is 1. The molecule has 0 bridgehead atoms. The van der Waals surface area contributed by atoms with Crippen molar-refractivity contribution in [1.82, 2.24) is 0 Å². The Morgan fingerprint density at radius 3 is 2.22 bits per heavy atom. The molecular formula is C12H20N2O3S. The van der Waals surface area contributed by atoms with Gasteiger partial charge in [-0.1, -0.05) is 0 Å². The molecule has 0 aliphatic heterocycles. The second-order valence-electron chi connectivity index (χ2n) is 4.88. The third-order valence-corrected chi connectivity index (χ3v) is 4.42. The van der Waals surface area contributed by atoms with Gasteiger partial charge in [0.1, 0.15) is 12.4 Å². The van der Waals surface area contributed by atoms with Gasteiger partial charge in [0, 0.05) is 12.2 Å². The minimum absolute atomic E-state index is 0.438. The van der Waals surface area contributed by atoms with Crippen LogP contribution in [0.25, 0.3) is 0 Å². The molecule has 0 unspecified atom stereocenters. The van der Waals surface area contributed by atoms with E-state index in [0.717, 1.165) is 0 Å². The van der Waals surface area contributed by atoms with Gasteiger partial charge in [-0.05, 0) is 45.0 Å². The van der Waals surface area contributed by atoms with Crippen LogP contribution < -0.4 is 15.2 Å². The first-order valence-electron chi connectivity index (χ1n) is 5.71. The van der Waals surface area contributed by atoms with E-state index in [1.165, 1.54) is 0 Å². The summed E-state index contributed by atoms with van der Waals surface area (Å²) in [6.07, 6.45) is 0. The maximum Gasteiger partial charge on any atom is 0.237 e. The summed E-state index contributed by atoms with van der Waals surface area (Å²) in [7, 11) is -3.39. The number of anilines is 1. The van der Waals surface area contributed by atoms with E-state index in [9.17, 15) is 8.42 Å². The van der Waals surface area contributed by atoms with Gasteiger partial charge in [-0.2, -0.15) is 0 Å². The van der Waals surface area contributed by atoms with Crippen LogP contribution >= 0.6 is 0 Å². The zero-order valence-corrected chi connectivity index (χ0v) is 11.8. The van der Waals surface area contributed by atoms with Crippen LogP contribution in [0, 0.1) is 0 Å². The lowest BCUT2D eigenvalue weighted by molar-refractivity contribution is 0.328. The number of hydrogen-bond donors (Lipinski definition) is 2. The molecule has 5 nitrogen and oxygen atoms in total. The minimum Gasteiger partial charge on any atom is -0.492 e. The van der Waals surface area contributed by atoms with E-state index in [-0.39, 0.29) is 0 Å². The Morgan fingerprint density at radius 2 is 1.78 bits per heavy atom. The van der Waals surface area contributed by atoms with E-state index in [1.807, 2.05) is 0 Å². The number of nitrogens with one attached hydrogen (secondary N) is 1. The first-order chi connectivity index (χ1) is 8.26.